The van der Waals surface area contributed by atoms with E-state index < -0.39 is 17.9 Å². The number of carbonyl (C=O) groups excluding carboxylic acids is 2. The Hall–Kier alpha value is -2.11. The average molecular weight is 397 g/mol. The zero-order chi connectivity index (χ0) is 19.3. The third kappa shape index (κ3) is 5.44. The van der Waals surface area contributed by atoms with Gasteiger partial charge < -0.3 is 10.6 Å². The van der Waals surface area contributed by atoms with Gasteiger partial charge in [-0.15, -0.1) is 0 Å². The van der Waals surface area contributed by atoms with Crippen molar-refractivity contribution in [2.75, 3.05) is 0 Å². The molecule has 2 aromatic carbocycles. The van der Waals surface area contributed by atoms with Crippen LogP contribution in [-0.4, -0.2) is 11.8 Å². The van der Waals surface area contributed by atoms with Gasteiger partial charge in [0, 0.05) is 11.9 Å². The normalized spacial score (nSPS) is 13.0. The number of carbonyl (C=O) groups is 2. The summed E-state index contributed by atoms with van der Waals surface area (Å²) in [5, 5.41) is 5.73. The Kier molecular flexibility index (Phi) is 7.00. The van der Waals surface area contributed by atoms with Crippen LogP contribution in [0, 0.1) is 5.82 Å². The standard InChI is InChI=1S/C19H19Cl2FN2O2/c1-11(14-8-17(22)16(21)9-15(14)20)23-19(26)10-18(24-12(2)25)13-6-4-3-5-7-13/h3-9,11,18H,10H2,1-2H3,(H,23,26)(H,24,25)/t11-,18+/m0/s1. The molecule has 2 atom stereocenters. The van der Waals surface area contributed by atoms with Gasteiger partial charge in [-0.25, -0.2) is 4.39 Å². The molecule has 138 valence electrons. The molecule has 2 aromatic rings. The number of amides is 2. The Morgan fingerprint density at radius 1 is 1.08 bits per heavy atom. The maximum Gasteiger partial charge on any atom is 0.222 e. The van der Waals surface area contributed by atoms with Crippen molar-refractivity contribution in [1.29, 1.82) is 0 Å². The Labute approximate surface area is 161 Å². The first-order valence-electron chi connectivity index (χ1n) is 8.03. The van der Waals surface area contributed by atoms with Gasteiger partial charge in [0.05, 0.1) is 23.5 Å². The number of halogens is 3. The van der Waals surface area contributed by atoms with E-state index >= 15 is 0 Å². The van der Waals surface area contributed by atoms with E-state index in [-0.39, 0.29) is 28.3 Å². The molecule has 0 spiro atoms. The van der Waals surface area contributed by atoms with Crippen LogP contribution in [0.25, 0.3) is 0 Å². The highest BCUT2D eigenvalue weighted by atomic mass is 35.5. The van der Waals surface area contributed by atoms with Gasteiger partial charge in [-0.3, -0.25) is 9.59 Å². The minimum Gasteiger partial charge on any atom is -0.349 e. The van der Waals surface area contributed by atoms with Crippen molar-refractivity contribution in [3.05, 3.63) is 69.5 Å². The van der Waals surface area contributed by atoms with Crippen molar-refractivity contribution in [2.24, 2.45) is 0 Å². The maximum atomic E-state index is 13.7. The van der Waals surface area contributed by atoms with Gasteiger partial charge in [-0.1, -0.05) is 53.5 Å². The van der Waals surface area contributed by atoms with E-state index in [9.17, 15) is 14.0 Å². The van der Waals surface area contributed by atoms with Crippen LogP contribution in [0.5, 0.6) is 0 Å². The van der Waals surface area contributed by atoms with Crippen LogP contribution in [-0.2, 0) is 9.59 Å². The minimum absolute atomic E-state index is 0.0433. The first-order valence-corrected chi connectivity index (χ1v) is 8.79. The molecule has 7 heteroatoms. The Balaban J connectivity index is 2.10. The highest BCUT2D eigenvalue weighted by Gasteiger charge is 2.20. The fraction of sp³-hybridized carbons (Fsp3) is 0.263. The van der Waals surface area contributed by atoms with Crippen LogP contribution >= 0.6 is 23.2 Å². The molecular weight excluding hydrogens is 378 g/mol. The zero-order valence-electron chi connectivity index (χ0n) is 14.4. The van der Waals surface area contributed by atoms with Crippen molar-refractivity contribution >= 4 is 35.0 Å². The zero-order valence-corrected chi connectivity index (χ0v) is 15.9. The van der Waals surface area contributed by atoms with E-state index in [4.69, 9.17) is 23.2 Å². The topological polar surface area (TPSA) is 58.2 Å². The van der Waals surface area contributed by atoms with Crippen LogP contribution in [0.2, 0.25) is 10.0 Å². The summed E-state index contributed by atoms with van der Waals surface area (Å²) in [5.74, 6) is -1.14. The van der Waals surface area contributed by atoms with E-state index in [0.717, 1.165) is 5.56 Å². The second-order valence-corrected chi connectivity index (χ2v) is 6.76. The monoisotopic (exact) mass is 396 g/mol. The van der Waals surface area contributed by atoms with Crippen LogP contribution in [0.1, 0.15) is 43.5 Å². The second-order valence-electron chi connectivity index (χ2n) is 5.94. The highest BCUT2D eigenvalue weighted by Crippen LogP contribution is 2.29. The smallest absolute Gasteiger partial charge is 0.222 e. The summed E-state index contributed by atoms with van der Waals surface area (Å²) in [5.41, 5.74) is 1.25. The lowest BCUT2D eigenvalue weighted by Crippen LogP contribution is -2.33. The number of hydrogen-bond donors (Lipinski definition) is 2. The Morgan fingerprint density at radius 3 is 2.35 bits per heavy atom. The van der Waals surface area contributed by atoms with Gasteiger partial charge in [-0.2, -0.15) is 0 Å². The van der Waals surface area contributed by atoms with Crippen LogP contribution in [0.15, 0.2) is 42.5 Å². The first-order chi connectivity index (χ1) is 12.3. The predicted octanol–water partition coefficient (Wildman–Crippen LogP) is 4.58. The molecule has 4 nitrogen and oxygen atoms in total. The summed E-state index contributed by atoms with van der Waals surface area (Å²) in [7, 11) is 0. The lowest BCUT2D eigenvalue weighted by Gasteiger charge is -2.21. The van der Waals surface area contributed by atoms with Crippen molar-refractivity contribution in [3.63, 3.8) is 0 Å². The van der Waals surface area contributed by atoms with Gasteiger partial charge in [0.2, 0.25) is 11.8 Å². The lowest BCUT2D eigenvalue weighted by molar-refractivity contribution is -0.123. The fourth-order valence-corrected chi connectivity index (χ4v) is 3.16. The van der Waals surface area contributed by atoms with Crippen LogP contribution in [0.4, 0.5) is 4.39 Å². The van der Waals surface area contributed by atoms with E-state index in [1.165, 1.54) is 19.1 Å². The molecule has 0 aliphatic heterocycles. The summed E-state index contributed by atoms with van der Waals surface area (Å²) in [6.07, 6.45) is 0.0433. The van der Waals surface area contributed by atoms with Crippen molar-refractivity contribution in [2.45, 2.75) is 32.4 Å². The van der Waals surface area contributed by atoms with Crippen molar-refractivity contribution in [1.82, 2.24) is 10.6 Å². The van der Waals surface area contributed by atoms with E-state index in [1.807, 2.05) is 30.3 Å². The predicted molar refractivity (Wildman–Crippen MR) is 101 cm³/mol. The van der Waals surface area contributed by atoms with E-state index in [1.54, 1.807) is 6.92 Å². The molecule has 0 aromatic heterocycles. The molecule has 0 aliphatic rings. The molecular formula is C19H19Cl2FN2O2. The van der Waals surface area contributed by atoms with E-state index in [2.05, 4.69) is 10.6 Å². The Bertz CT molecular complexity index is 800. The molecule has 0 fully saturated rings. The second kappa shape index (κ2) is 9.01. The van der Waals surface area contributed by atoms with E-state index in [0.29, 0.717) is 5.56 Å². The maximum absolute atomic E-state index is 13.7. The third-order valence-electron chi connectivity index (χ3n) is 3.85. The van der Waals surface area contributed by atoms with Gasteiger partial charge in [0.1, 0.15) is 5.82 Å². The fourth-order valence-electron chi connectivity index (χ4n) is 2.62. The van der Waals surface area contributed by atoms with Crippen molar-refractivity contribution in [3.8, 4) is 0 Å². The van der Waals surface area contributed by atoms with Crippen LogP contribution < -0.4 is 10.6 Å². The van der Waals surface area contributed by atoms with Gasteiger partial charge in [-0.05, 0) is 30.2 Å². The largest absolute Gasteiger partial charge is 0.349 e. The number of nitrogens with one attached hydrogen (secondary N) is 2. The summed E-state index contributed by atoms with van der Waals surface area (Å²) in [6, 6.07) is 10.7. The number of benzene rings is 2. The quantitative estimate of drug-likeness (QED) is 0.702. The molecule has 0 aliphatic carbocycles. The van der Waals surface area contributed by atoms with Gasteiger partial charge in [0.15, 0.2) is 0 Å². The summed E-state index contributed by atoms with van der Waals surface area (Å²) >= 11 is 11.8. The van der Waals surface area contributed by atoms with Crippen molar-refractivity contribution < 1.29 is 14.0 Å². The average Bonchev–Trinajstić information content (AvgIpc) is 2.57. The lowest BCUT2D eigenvalue weighted by atomic mass is 10.0. The first kappa shape index (κ1) is 20.2. The molecule has 0 bridgehead atoms. The summed E-state index contributed by atoms with van der Waals surface area (Å²) in [4.78, 5) is 23.9. The molecule has 2 N–H and O–H groups in total. The molecule has 2 amide bonds. The molecule has 0 saturated heterocycles. The number of rotatable bonds is 6. The highest BCUT2D eigenvalue weighted by molar-refractivity contribution is 6.35. The molecule has 0 saturated carbocycles. The SMILES string of the molecule is CC(=O)N[C@H](CC(=O)N[C@@H](C)c1cc(F)c(Cl)cc1Cl)c1ccccc1. The summed E-state index contributed by atoms with van der Waals surface area (Å²) in [6.45, 7) is 3.09. The molecule has 0 unspecified atom stereocenters. The van der Waals surface area contributed by atoms with Gasteiger partial charge >= 0.3 is 0 Å². The molecule has 0 radical (unpaired) electrons. The number of hydrogen-bond acceptors (Lipinski definition) is 2. The minimum atomic E-state index is -0.604. The summed E-state index contributed by atoms with van der Waals surface area (Å²) < 4.78 is 13.7. The Morgan fingerprint density at radius 2 is 1.73 bits per heavy atom. The van der Waals surface area contributed by atoms with Crippen LogP contribution in [0.3, 0.4) is 0 Å². The third-order valence-corrected chi connectivity index (χ3v) is 4.47. The molecule has 0 heterocycles. The molecule has 2 rings (SSSR count). The van der Waals surface area contributed by atoms with Gasteiger partial charge in [0.25, 0.3) is 0 Å². The molecule has 26 heavy (non-hydrogen) atoms.